The van der Waals surface area contributed by atoms with E-state index in [1.54, 1.807) is 0 Å². The van der Waals surface area contributed by atoms with E-state index in [2.05, 4.69) is 20.7 Å². The van der Waals surface area contributed by atoms with Crippen LogP contribution < -0.4 is 10.6 Å². The molecule has 1 atom stereocenters. The highest BCUT2D eigenvalue weighted by Crippen LogP contribution is 2.35. The zero-order valence-electron chi connectivity index (χ0n) is 12.6. The Kier molecular flexibility index (Phi) is 4.90. The molecule has 1 aliphatic heterocycles. The number of rotatable bonds is 3. The molecule has 1 amide bonds. The summed E-state index contributed by atoms with van der Waals surface area (Å²) in [6.07, 6.45) is -2.19. The van der Waals surface area contributed by atoms with Crippen molar-refractivity contribution in [2.24, 2.45) is 0 Å². The summed E-state index contributed by atoms with van der Waals surface area (Å²) in [4.78, 5) is 16.1. The molecule has 0 spiro atoms. The molecule has 1 saturated heterocycles. The Morgan fingerprint density at radius 3 is 2.72 bits per heavy atom. The van der Waals surface area contributed by atoms with Gasteiger partial charge in [-0.1, -0.05) is 23.2 Å². The third kappa shape index (κ3) is 3.73. The van der Waals surface area contributed by atoms with Gasteiger partial charge in [0.25, 0.3) is 5.91 Å². The van der Waals surface area contributed by atoms with Crippen molar-refractivity contribution >= 4 is 29.1 Å². The number of aromatic nitrogens is 3. The molecule has 2 aromatic rings. The number of carbonyl (C=O) groups excluding carboxylic acids is 1. The van der Waals surface area contributed by atoms with Crippen LogP contribution in [-0.4, -0.2) is 39.8 Å². The first kappa shape index (κ1) is 18.0. The van der Waals surface area contributed by atoms with Gasteiger partial charge in [-0.15, -0.1) is 0 Å². The molecule has 0 bridgehead atoms. The van der Waals surface area contributed by atoms with Gasteiger partial charge in [0.1, 0.15) is 0 Å². The molecule has 1 fully saturated rings. The maximum atomic E-state index is 13.6. The van der Waals surface area contributed by atoms with E-state index in [0.29, 0.717) is 24.2 Å². The first-order valence-electron chi connectivity index (χ1n) is 7.25. The number of nitrogens with one attached hydrogen (secondary N) is 2. The second kappa shape index (κ2) is 6.81. The van der Waals surface area contributed by atoms with Crippen LogP contribution in [-0.2, 0) is 6.18 Å². The maximum Gasteiger partial charge on any atom is 0.434 e. The predicted molar refractivity (Wildman–Crippen MR) is 85.1 cm³/mol. The average molecular weight is 394 g/mol. The summed E-state index contributed by atoms with van der Waals surface area (Å²) in [6.45, 7) is 1.20. The van der Waals surface area contributed by atoms with Gasteiger partial charge in [-0.2, -0.15) is 18.3 Å². The first-order chi connectivity index (χ1) is 11.8. The van der Waals surface area contributed by atoms with E-state index in [-0.39, 0.29) is 21.9 Å². The topological polar surface area (TPSA) is 71.8 Å². The normalized spacial score (nSPS) is 17.7. The van der Waals surface area contributed by atoms with Crippen molar-refractivity contribution in [2.75, 3.05) is 13.1 Å². The molecule has 2 N–H and O–H groups in total. The van der Waals surface area contributed by atoms with Crippen molar-refractivity contribution in [2.45, 2.75) is 18.6 Å². The van der Waals surface area contributed by atoms with E-state index in [4.69, 9.17) is 23.2 Å². The van der Waals surface area contributed by atoms with Crippen molar-refractivity contribution < 1.29 is 18.0 Å². The summed E-state index contributed by atoms with van der Waals surface area (Å²) in [7, 11) is 0. The predicted octanol–water partition coefficient (Wildman–Crippen LogP) is 2.68. The van der Waals surface area contributed by atoms with E-state index in [0.717, 1.165) is 12.4 Å². The van der Waals surface area contributed by atoms with Crippen LogP contribution in [0.5, 0.6) is 0 Å². The Labute approximate surface area is 150 Å². The zero-order valence-corrected chi connectivity index (χ0v) is 14.1. The summed E-state index contributed by atoms with van der Waals surface area (Å²) in [5.74, 6) is -1.11. The maximum absolute atomic E-state index is 13.6. The van der Waals surface area contributed by atoms with Gasteiger partial charge in [0.2, 0.25) is 0 Å². The largest absolute Gasteiger partial charge is 0.434 e. The van der Waals surface area contributed by atoms with Gasteiger partial charge in [0, 0.05) is 18.8 Å². The minimum absolute atomic E-state index is 0.118. The van der Waals surface area contributed by atoms with Crippen molar-refractivity contribution in [3.8, 4) is 5.82 Å². The molecule has 0 aromatic carbocycles. The van der Waals surface area contributed by atoms with Crippen LogP contribution >= 0.6 is 23.2 Å². The standard InChI is InChI=1S/C14H12Cl2F3N5O/c15-7-3-10(16)12(21-4-7)24-11(14(17,18)19)9(6-22-24)13(25)23-8-1-2-20-5-8/h3-4,6,8,20H,1-2,5H2,(H,23,25). The first-order valence-corrected chi connectivity index (χ1v) is 8.01. The monoisotopic (exact) mass is 393 g/mol. The van der Waals surface area contributed by atoms with Gasteiger partial charge in [0.05, 0.1) is 21.8 Å². The molecule has 1 aliphatic rings. The van der Waals surface area contributed by atoms with Crippen molar-refractivity contribution in [3.05, 3.63) is 39.8 Å². The second-order valence-corrected chi connectivity index (χ2v) is 6.28. The molecule has 3 rings (SSSR count). The van der Waals surface area contributed by atoms with Gasteiger partial charge in [-0.05, 0) is 19.0 Å². The lowest BCUT2D eigenvalue weighted by Crippen LogP contribution is -2.37. The SMILES string of the molecule is O=C(NC1CCNC1)c1cnn(-c2ncc(Cl)cc2Cl)c1C(F)(F)F. The molecule has 11 heteroatoms. The van der Waals surface area contributed by atoms with Crippen LogP contribution in [0.4, 0.5) is 13.2 Å². The fourth-order valence-electron chi connectivity index (χ4n) is 2.55. The van der Waals surface area contributed by atoms with Crippen LogP contribution in [0.25, 0.3) is 5.82 Å². The van der Waals surface area contributed by atoms with E-state index >= 15 is 0 Å². The quantitative estimate of drug-likeness (QED) is 0.840. The molecule has 0 aliphatic carbocycles. The second-order valence-electron chi connectivity index (χ2n) is 5.44. The zero-order chi connectivity index (χ0) is 18.2. The van der Waals surface area contributed by atoms with Gasteiger partial charge < -0.3 is 10.6 Å². The molecular formula is C14H12Cl2F3N5O. The fourth-order valence-corrected chi connectivity index (χ4v) is 3.01. The lowest BCUT2D eigenvalue weighted by molar-refractivity contribution is -0.143. The van der Waals surface area contributed by atoms with Crippen molar-refractivity contribution in [3.63, 3.8) is 0 Å². The number of hydrogen-bond acceptors (Lipinski definition) is 4. The molecule has 6 nitrogen and oxygen atoms in total. The van der Waals surface area contributed by atoms with Crippen LogP contribution in [0.2, 0.25) is 10.0 Å². The number of amides is 1. The van der Waals surface area contributed by atoms with E-state index in [9.17, 15) is 18.0 Å². The number of halogens is 5. The van der Waals surface area contributed by atoms with E-state index < -0.39 is 23.3 Å². The van der Waals surface area contributed by atoms with Gasteiger partial charge in [0.15, 0.2) is 11.5 Å². The van der Waals surface area contributed by atoms with Crippen LogP contribution in [0, 0.1) is 0 Å². The summed E-state index contributed by atoms with van der Waals surface area (Å²) in [5.41, 5.74) is -1.83. The molecule has 1 unspecified atom stereocenters. The van der Waals surface area contributed by atoms with Crippen LogP contribution in [0.3, 0.4) is 0 Å². The van der Waals surface area contributed by atoms with Crippen LogP contribution in [0.1, 0.15) is 22.5 Å². The lowest BCUT2D eigenvalue weighted by atomic mass is 10.2. The van der Waals surface area contributed by atoms with Gasteiger partial charge in [-0.3, -0.25) is 4.79 Å². The summed E-state index contributed by atoms with van der Waals surface area (Å²) >= 11 is 11.6. The van der Waals surface area contributed by atoms with Crippen molar-refractivity contribution in [1.82, 2.24) is 25.4 Å². The fraction of sp³-hybridized carbons (Fsp3) is 0.357. The summed E-state index contributed by atoms with van der Waals surface area (Å²) < 4.78 is 41.2. The van der Waals surface area contributed by atoms with E-state index in [1.165, 1.54) is 6.07 Å². The Hall–Kier alpha value is -1.84. The number of pyridine rings is 1. The van der Waals surface area contributed by atoms with Crippen molar-refractivity contribution in [1.29, 1.82) is 0 Å². The lowest BCUT2D eigenvalue weighted by Gasteiger charge is -2.14. The molecular weight excluding hydrogens is 382 g/mol. The Balaban J connectivity index is 2.02. The number of nitrogens with zero attached hydrogens (tertiary/aromatic N) is 3. The minimum Gasteiger partial charge on any atom is -0.348 e. The molecule has 3 heterocycles. The minimum atomic E-state index is -4.83. The number of alkyl halides is 3. The smallest absolute Gasteiger partial charge is 0.348 e. The third-order valence-electron chi connectivity index (χ3n) is 3.67. The Morgan fingerprint density at radius 1 is 1.36 bits per heavy atom. The third-order valence-corrected chi connectivity index (χ3v) is 4.15. The average Bonchev–Trinajstić information content (AvgIpc) is 3.15. The molecule has 2 aromatic heterocycles. The number of carbonyl (C=O) groups is 1. The molecule has 25 heavy (non-hydrogen) atoms. The number of hydrogen-bond donors (Lipinski definition) is 2. The highest BCUT2D eigenvalue weighted by molar-refractivity contribution is 6.35. The molecule has 0 radical (unpaired) electrons. The van der Waals surface area contributed by atoms with E-state index in [1.807, 2.05) is 0 Å². The van der Waals surface area contributed by atoms with Crippen LogP contribution in [0.15, 0.2) is 18.5 Å². The summed E-state index contributed by atoms with van der Waals surface area (Å²) in [5, 5.41) is 9.31. The summed E-state index contributed by atoms with van der Waals surface area (Å²) in [6, 6.07) is 1.02. The molecule has 0 saturated carbocycles. The Bertz CT molecular complexity index is 802. The molecule has 134 valence electrons. The van der Waals surface area contributed by atoms with Gasteiger partial charge >= 0.3 is 6.18 Å². The highest BCUT2D eigenvalue weighted by Gasteiger charge is 2.41. The highest BCUT2D eigenvalue weighted by atomic mass is 35.5. The van der Waals surface area contributed by atoms with Gasteiger partial charge in [-0.25, -0.2) is 9.67 Å². The Morgan fingerprint density at radius 2 is 2.12 bits per heavy atom.